The monoisotopic (exact) mass is 744 g/mol. The van der Waals surface area contributed by atoms with Crippen molar-refractivity contribution in [1.82, 2.24) is 0 Å². The maximum absolute atomic E-state index is 15.0. The van der Waals surface area contributed by atoms with Gasteiger partial charge in [0, 0.05) is 25.7 Å². The number of fused-ring (bicyclic) bond motifs is 2. The van der Waals surface area contributed by atoms with Gasteiger partial charge >= 0.3 is 5.97 Å². The van der Waals surface area contributed by atoms with E-state index in [1.165, 1.54) is 0 Å². The first kappa shape index (κ1) is 40.8. The van der Waals surface area contributed by atoms with Crippen molar-refractivity contribution in [3.8, 4) is 0 Å². The molecule has 3 unspecified atom stereocenters. The molecule has 5 rings (SSSR count). The molecule has 11 atom stereocenters. The predicted octanol–water partition coefficient (Wildman–Crippen LogP) is 8.78. The molecule has 10 heteroatoms. The molecule has 0 radical (unpaired) electrons. The van der Waals surface area contributed by atoms with Crippen molar-refractivity contribution in [2.24, 2.45) is 17.8 Å². The third-order valence-electron chi connectivity index (χ3n) is 12.3. The Bertz CT molecular complexity index is 1400. The molecule has 1 N–H and O–H groups in total. The lowest BCUT2D eigenvalue weighted by Crippen LogP contribution is -2.64. The summed E-state index contributed by atoms with van der Waals surface area (Å²) in [5.74, 6) is -1.43. The molecule has 1 aliphatic carbocycles. The average Bonchev–Trinajstić information content (AvgIpc) is 3.35. The highest BCUT2D eigenvalue weighted by Gasteiger charge is 2.64. The Morgan fingerprint density at radius 1 is 1.00 bits per heavy atom. The zero-order chi connectivity index (χ0) is 37.7. The molecule has 3 fully saturated rings. The van der Waals surface area contributed by atoms with Crippen LogP contribution in [0.2, 0.25) is 37.8 Å². The fourth-order valence-electron chi connectivity index (χ4n) is 8.54. The number of esters is 1. The van der Waals surface area contributed by atoms with Crippen molar-refractivity contribution in [3.05, 3.63) is 47.1 Å². The lowest BCUT2D eigenvalue weighted by Gasteiger charge is -2.52. The summed E-state index contributed by atoms with van der Waals surface area (Å²) in [5.41, 5.74) is 1.71. The van der Waals surface area contributed by atoms with E-state index in [1.807, 2.05) is 13.0 Å². The van der Waals surface area contributed by atoms with Crippen molar-refractivity contribution in [2.75, 3.05) is 6.61 Å². The average molecular weight is 745 g/mol. The van der Waals surface area contributed by atoms with Gasteiger partial charge in [-0.15, -0.1) is 0 Å². The summed E-state index contributed by atoms with van der Waals surface area (Å²) in [4.78, 5) is 15.0. The molecule has 4 heterocycles. The Morgan fingerprint density at radius 3 is 2.35 bits per heavy atom. The van der Waals surface area contributed by atoms with Gasteiger partial charge in [0.15, 0.2) is 22.4 Å². The van der Waals surface area contributed by atoms with Crippen molar-refractivity contribution in [2.45, 2.75) is 180 Å². The van der Waals surface area contributed by atoms with Crippen LogP contribution in [0.4, 0.5) is 0 Å². The number of carbonyl (C=O) groups is 1. The number of carbonyl (C=O) groups excluding carboxylic acids is 1. The maximum Gasteiger partial charge on any atom is 0.316 e. The van der Waals surface area contributed by atoms with Gasteiger partial charge in [-0.3, -0.25) is 4.79 Å². The molecule has 1 spiro atoms. The second-order valence-electron chi connectivity index (χ2n) is 18.8. The second kappa shape index (κ2) is 15.0. The molecular formula is C41H68O8Si2. The zero-order valence-electron chi connectivity index (χ0n) is 33.8. The third-order valence-corrected chi connectivity index (χ3v) is 17.7. The van der Waals surface area contributed by atoms with E-state index in [1.54, 1.807) is 0 Å². The summed E-state index contributed by atoms with van der Waals surface area (Å²) in [5, 5.41) is 11.4. The third kappa shape index (κ3) is 8.64. The number of aliphatic hydroxyl groups is 1. The molecule has 51 heavy (non-hydrogen) atoms. The SMILES string of the molecule is CCC1O[C@]2(CC[C@@H]1C)C[C@@H]1C[C@@H](CC(O)/C(C)=C\[C@@H](C)/C=C/C=C3\COC4[C@H](O[Si](C)(C)C(C)(C)C)C(C)=C[C@@H](C(=O)O1)[C@]34O[Si](C)(C)C)O2. The molecule has 0 saturated carbocycles. The van der Waals surface area contributed by atoms with Crippen molar-refractivity contribution in [3.63, 3.8) is 0 Å². The molecule has 4 aliphatic heterocycles. The zero-order valence-corrected chi connectivity index (χ0v) is 35.8. The topological polar surface area (TPSA) is 92.7 Å². The van der Waals surface area contributed by atoms with E-state index in [-0.39, 0.29) is 35.2 Å². The van der Waals surface area contributed by atoms with Crippen LogP contribution in [0.3, 0.4) is 0 Å². The number of hydrogen-bond acceptors (Lipinski definition) is 8. The van der Waals surface area contributed by atoms with E-state index in [9.17, 15) is 9.90 Å². The highest BCUT2D eigenvalue weighted by molar-refractivity contribution is 6.74. The van der Waals surface area contributed by atoms with Gasteiger partial charge in [0.1, 0.15) is 23.7 Å². The molecule has 0 amide bonds. The van der Waals surface area contributed by atoms with E-state index < -0.39 is 52.3 Å². The maximum atomic E-state index is 15.0. The fraction of sp³-hybridized carbons (Fsp3) is 0.780. The van der Waals surface area contributed by atoms with Gasteiger partial charge in [0.05, 0.1) is 31.0 Å². The summed E-state index contributed by atoms with van der Waals surface area (Å²) < 4.78 is 41.5. The summed E-state index contributed by atoms with van der Waals surface area (Å²) in [6.45, 7) is 28.7. The standard InChI is InChI=1S/C41H68O8Si2/c1-14-35-27(3)18-19-40(47-35)24-32-22-31(46-40)23-34(42)28(4)20-26(2)16-15-17-30-25-44-37-36(48-51(12,13)39(6,7)8)29(5)21-33(38(43)45-32)41(30,37)49-50(9,10)11/h15-17,20-21,26-27,31-37,42H,14,18-19,22-25H2,1-13H3/b16-15+,28-20-,30-17+/t26-,27-,31-,32-,33-,34?,35?,36+,37?,40+,41+/m0/s1. The highest BCUT2D eigenvalue weighted by Crippen LogP contribution is 2.52. The number of hydrogen-bond donors (Lipinski definition) is 1. The van der Waals surface area contributed by atoms with E-state index in [2.05, 4.69) is 106 Å². The Balaban J connectivity index is 1.64. The normalized spacial score (nSPS) is 42.6. The van der Waals surface area contributed by atoms with Gasteiger partial charge in [0.2, 0.25) is 0 Å². The molecule has 0 aromatic heterocycles. The largest absolute Gasteiger partial charge is 0.462 e. The van der Waals surface area contributed by atoms with E-state index in [4.69, 9.17) is 27.8 Å². The molecule has 0 aromatic rings. The first-order chi connectivity index (χ1) is 23.6. The van der Waals surface area contributed by atoms with Gasteiger partial charge < -0.3 is 32.9 Å². The summed E-state index contributed by atoms with van der Waals surface area (Å²) in [6, 6.07) is 0. The highest BCUT2D eigenvalue weighted by atomic mass is 28.4. The smallest absolute Gasteiger partial charge is 0.316 e. The van der Waals surface area contributed by atoms with Crippen LogP contribution < -0.4 is 0 Å². The molecule has 0 aromatic carbocycles. The quantitative estimate of drug-likeness (QED) is 0.170. The van der Waals surface area contributed by atoms with Crippen LogP contribution in [-0.4, -0.2) is 82.3 Å². The Labute approximate surface area is 310 Å². The summed E-state index contributed by atoms with van der Waals surface area (Å²) in [7, 11) is -4.58. The Hall–Kier alpha value is -1.38. The van der Waals surface area contributed by atoms with Crippen LogP contribution in [-0.2, 0) is 32.6 Å². The first-order valence-electron chi connectivity index (χ1n) is 19.6. The predicted molar refractivity (Wildman–Crippen MR) is 207 cm³/mol. The molecule has 3 saturated heterocycles. The minimum Gasteiger partial charge on any atom is -0.462 e. The Kier molecular flexibility index (Phi) is 12.0. The van der Waals surface area contributed by atoms with Gasteiger partial charge in [0.25, 0.3) is 0 Å². The molecular weight excluding hydrogens is 677 g/mol. The molecule has 5 aliphatic rings. The lowest BCUT2D eigenvalue weighted by atomic mass is 9.71. The van der Waals surface area contributed by atoms with Gasteiger partial charge in [-0.25, -0.2) is 0 Å². The number of aliphatic hydroxyl groups excluding tert-OH is 1. The number of rotatable bonds is 5. The van der Waals surface area contributed by atoms with Crippen LogP contribution in [0.25, 0.3) is 0 Å². The summed E-state index contributed by atoms with van der Waals surface area (Å²) >= 11 is 0. The summed E-state index contributed by atoms with van der Waals surface area (Å²) in [6.07, 6.45) is 12.1. The van der Waals surface area contributed by atoms with E-state index >= 15 is 0 Å². The van der Waals surface area contributed by atoms with Crippen molar-refractivity contribution < 1.29 is 37.7 Å². The van der Waals surface area contributed by atoms with Gasteiger partial charge in [-0.05, 0) is 93.0 Å². The van der Waals surface area contributed by atoms with Gasteiger partial charge in [-0.1, -0.05) is 71.9 Å². The fourth-order valence-corrected chi connectivity index (χ4v) is 11.2. The van der Waals surface area contributed by atoms with Crippen molar-refractivity contribution in [1.29, 1.82) is 0 Å². The second-order valence-corrected chi connectivity index (χ2v) is 27.9. The number of ether oxygens (including phenoxy) is 4. The van der Waals surface area contributed by atoms with Crippen LogP contribution in [0.5, 0.6) is 0 Å². The van der Waals surface area contributed by atoms with Crippen LogP contribution >= 0.6 is 0 Å². The lowest BCUT2D eigenvalue weighted by molar-refractivity contribution is -0.337. The van der Waals surface area contributed by atoms with Gasteiger partial charge in [-0.2, -0.15) is 0 Å². The minimum absolute atomic E-state index is 0.0168. The van der Waals surface area contributed by atoms with E-state index in [0.717, 1.165) is 36.0 Å². The number of allylic oxidation sites excluding steroid dienone is 4. The Morgan fingerprint density at radius 2 is 1.71 bits per heavy atom. The molecule has 288 valence electrons. The molecule has 2 bridgehead atoms. The van der Waals surface area contributed by atoms with E-state index in [0.29, 0.717) is 31.8 Å². The van der Waals surface area contributed by atoms with Crippen LogP contribution in [0.1, 0.15) is 93.9 Å². The molecule has 8 nitrogen and oxygen atoms in total. The van der Waals surface area contributed by atoms with Crippen molar-refractivity contribution >= 4 is 22.6 Å². The minimum atomic E-state index is -2.31. The van der Waals surface area contributed by atoms with Crippen LogP contribution in [0, 0.1) is 17.8 Å². The first-order valence-corrected chi connectivity index (χ1v) is 25.9. The van der Waals surface area contributed by atoms with Crippen LogP contribution in [0.15, 0.2) is 47.1 Å².